The van der Waals surface area contributed by atoms with Gasteiger partial charge in [0, 0.05) is 40.7 Å². The van der Waals surface area contributed by atoms with Crippen molar-refractivity contribution in [2.45, 2.75) is 11.8 Å². The van der Waals surface area contributed by atoms with Crippen LogP contribution in [0.15, 0.2) is 102 Å². The Hall–Kier alpha value is -5.05. The molecule has 0 aliphatic rings. The third kappa shape index (κ3) is 5.75. The molecule has 1 amide bonds. The quantitative estimate of drug-likeness (QED) is 0.128. The highest BCUT2D eigenvalue weighted by Gasteiger charge is 2.21. The van der Waals surface area contributed by atoms with Gasteiger partial charge in [-0.1, -0.05) is 6.07 Å². The Balaban J connectivity index is 1.03. The number of carbonyl (C=O) groups excluding carboxylic acids is 1. The van der Waals surface area contributed by atoms with Crippen LogP contribution in [0.1, 0.15) is 15.9 Å². The van der Waals surface area contributed by atoms with Gasteiger partial charge in [-0.3, -0.25) is 9.35 Å². The van der Waals surface area contributed by atoms with E-state index in [1.165, 1.54) is 34.0 Å². The first kappa shape index (κ1) is 31.2. The van der Waals surface area contributed by atoms with Crippen molar-refractivity contribution >= 4 is 92.1 Å². The molecule has 9 nitrogen and oxygen atoms in total. The fraction of sp³-hybridized carbons (Fsp3) is 0.0556. The first-order chi connectivity index (χ1) is 23.5. The lowest BCUT2D eigenvalue weighted by atomic mass is 10.1. The van der Waals surface area contributed by atoms with Crippen LogP contribution in [0, 0.1) is 6.92 Å². The van der Waals surface area contributed by atoms with E-state index in [0.29, 0.717) is 32.0 Å². The molecule has 0 aliphatic heterocycles. The molecule has 0 atom stereocenters. The van der Waals surface area contributed by atoms with Crippen LogP contribution in [0.2, 0.25) is 0 Å². The van der Waals surface area contributed by atoms with Gasteiger partial charge in [0.15, 0.2) is 0 Å². The van der Waals surface area contributed by atoms with Crippen LogP contribution in [-0.2, 0) is 10.1 Å². The highest BCUT2D eigenvalue weighted by Crippen LogP contribution is 2.39. The van der Waals surface area contributed by atoms with E-state index in [0.717, 1.165) is 52.8 Å². The van der Waals surface area contributed by atoms with Crippen molar-refractivity contribution in [1.29, 1.82) is 0 Å². The molecule has 8 aromatic rings. The number of benzene rings is 5. The van der Waals surface area contributed by atoms with Crippen LogP contribution in [0.25, 0.3) is 62.4 Å². The van der Waals surface area contributed by atoms with Gasteiger partial charge in [-0.05, 0) is 103 Å². The van der Waals surface area contributed by atoms with Gasteiger partial charge in [0.05, 0.1) is 30.6 Å². The molecule has 3 N–H and O–H groups in total. The zero-order chi connectivity index (χ0) is 34.0. The number of fused-ring (bicyclic) bond motifs is 3. The zero-order valence-electron chi connectivity index (χ0n) is 25.9. The van der Waals surface area contributed by atoms with Crippen molar-refractivity contribution in [3.63, 3.8) is 0 Å². The van der Waals surface area contributed by atoms with Crippen LogP contribution in [0.4, 0.5) is 11.4 Å². The topological polar surface area (TPSA) is 139 Å². The monoisotopic (exact) mass is 719 g/mol. The van der Waals surface area contributed by atoms with Crippen LogP contribution in [0.3, 0.4) is 0 Å². The number of anilines is 2. The third-order valence-corrected chi connectivity index (χ3v) is 12.6. The molecule has 0 bridgehead atoms. The van der Waals surface area contributed by atoms with Crippen LogP contribution >= 0.6 is 34.0 Å². The number of carbonyl (C=O) groups is 1. The number of rotatable bonds is 6. The van der Waals surface area contributed by atoms with Crippen molar-refractivity contribution in [1.82, 2.24) is 15.0 Å². The number of hydrogen-bond acceptors (Lipinski definition) is 10. The summed E-state index contributed by atoms with van der Waals surface area (Å²) in [6, 6.07) is 30.1. The number of amides is 1. The summed E-state index contributed by atoms with van der Waals surface area (Å²) in [4.78, 5) is 29.2. The minimum Gasteiger partial charge on any atom is -0.399 e. The molecule has 0 spiro atoms. The van der Waals surface area contributed by atoms with Crippen molar-refractivity contribution in [3.05, 3.63) is 108 Å². The number of hydrogen-bond donors (Lipinski definition) is 2. The van der Waals surface area contributed by atoms with Gasteiger partial charge in [0.1, 0.15) is 19.9 Å². The predicted molar refractivity (Wildman–Crippen MR) is 200 cm³/mol. The van der Waals surface area contributed by atoms with E-state index in [1.807, 2.05) is 78.9 Å². The fourth-order valence-electron chi connectivity index (χ4n) is 5.64. The molecule has 5 aromatic carbocycles. The lowest BCUT2D eigenvalue weighted by Gasteiger charge is -2.17. The molecular weight excluding hydrogens is 695 g/mol. The van der Waals surface area contributed by atoms with E-state index in [4.69, 9.17) is 15.7 Å². The Kier molecular flexibility index (Phi) is 7.54. The molecule has 3 heterocycles. The first-order valence-electron chi connectivity index (χ1n) is 15.0. The van der Waals surface area contributed by atoms with Crippen molar-refractivity contribution in [3.8, 4) is 31.7 Å². The largest absolute Gasteiger partial charge is 0.399 e. The molecule has 49 heavy (non-hydrogen) atoms. The van der Waals surface area contributed by atoms with E-state index in [-0.39, 0.29) is 10.8 Å². The molecule has 13 heteroatoms. The average Bonchev–Trinajstić information content (AvgIpc) is 3.83. The van der Waals surface area contributed by atoms with E-state index >= 15 is 0 Å². The number of thiazole rings is 3. The number of nitrogens with two attached hydrogens (primary N) is 1. The summed E-state index contributed by atoms with van der Waals surface area (Å²) in [5, 5.41) is 2.35. The summed E-state index contributed by atoms with van der Waals surface area (Å²) >= 11 is 4.30. The molecule has 0 unspecified atom stereocenters. The first-order valence-corrected chi connectivity index (χ1v) is 18.8. The number of aromatic nitrogens is 3. The third-order valence-electron chi connectivity index (χ3n) is 8.20. The highest BCUT2D eigenvalue weighted by molar-refractivity contribution is 7.86. The summed E-state index contributed by atoms with van der Waals surface area (Å²) in [7, 11) is -2.64. The predicted octanol–water partition coefficient (Wildman–Crippen LogP) is 8.93. The average molecular weight is 720 g/mol. The molecule has 0 fully saturated rings. The minimum absolute atomic E-state index is 0.101. The summed E-state index contributed by atoms with van der Waals surface area (Å²) in [6.07, 6.45) is 0. The molecular formula is C36H25N5O4S4. The summed E-state index contributed by atoms with van der Waals surface area (Å²) < 4.78 is 36.3. The van der Waals surface area contributed by atoms with Gasteiger partial charge in [0.25, 0.3) is 16.0 Å². The molecule has 0 saturated carbocycles. The maximum atomic E-state index is 13.5. The summed E-state index contributed by atoms with van der Waals surface area (Å²) in [5.41, 5.74) is 13.2. The van der Waals surface area contributed by atoms with Crippen LogP contribution < -0.4 is 10.6 Å². The van der Waals surface area contributed by atoms with E-state index < -0.39 is 10.1 Å². The Morgan fingerprint density at radius 1 is 0.694 bits per heavy atom. The van der Waals surface area contributed by atoms with E-state index in [1.54, 1.807) is 37.1 Å². The number of nitrogens with zero attached hydrogens (tertiary/aromatic N) is 4. The fourth-order valence-corrected chi connectivity index (χ4v) is 9.97. The smallest absolute Gasteiger partial charge is 0.296 e. The van der Waals surface area contributed by atoms with Crippen LogP contribution in [0.5, 0.6) is 0 Å². The highest BCUT2D eigenvalue weighted by atomic mass is 32.2. The summed E-state index contributed by atoms with van der Waals surface area (Å²) in [5.74, 6) is -0.127. The second-order valence-corrected chi connectivity index (χ2v) is 15.9. The van der Waals surface area contributed by atoms with Gasteiger partial charge in [-0.2, -0.15) is 8.42 Å². The van der Waals surface area contributed by atoms with Gasteiger partial charge in [0.2, 0.25) is 0 Å². The second kappa shape index (κ2) is 11.8. The van der Waals surface area contributed by atoms with E-state index in [2.05, 4.69) is 4.98 Å². The summed E-state index contributed by atoms with van der Waals surface area (Å²) in [6.45, 7) is 1.65. The molecule has 0 saturated heterocycles. The SMILES string of the molecule is Cc1ccc2nc(-c3ccc4nc(-c5ccc(N(C)C(=O)c6ccc7nc(-c8ccc(N)cc8)sc7c6)cc5)sc4c3)sc2c1S(=O)(=O)O. The van der Waals surface area contributed by atoms with Crippen molar-refractivity contribution in [2.75, 3.05) is 17.7 Å². The Bertz CT molecular complexity index is 2700. The maximum absolute atomic E-state index is 13.5. The van der Waals surface area contributed by atoms with E-state index in [9.17, 15) is 17.8 Å². The van der Waals surface area contributed by atoms with Gasteiger partial charge in [-0.25, -0.2) is 15.0 Å². The molecule has 0 aliphatic carbocycles. The van der Waals surface area contributed by atoms with Crippen LogP contribution in [-0.4, -0.2) is 40.9 Å². The molecule has 0 radical (unpaired) electrons. The standard InChI is InChI=1S/C36H25N5O4S4/c1-19-3-14-28-31(32(19)49(43,44)45)48-35(40-28)22-8-15-26-29(17-22)46-34(38-26)21-6-12-25(13-7-21)41(2)36(42)23-9-16-27-30(18-23)47-33(39-27)20-4-10-24(37)11-5-20/h3-18H,37H2,1-2H3,(H,43,44,45). The molecule has 3 aromatic heterocycles. The van der Waals surface area contributed by atoms with Gasteiger partial charge < -0.3 is 10.6 Å². The lowest BCUT2D eigenvalue weighted by Crippen LogP contribution is -2.26. The lowest BCUT2D eigenvalue weighted by molar-refractivity contribution is 0.0993. The molecule has 242 valence electrons. The minimum atomic E-state index is -4.40. The molecule has 8 rings (SSSR count). The van der Waals surface area contributed by atoms with Crippen molar-refractivity contribution in [2.24, 2.45) is 0 Å². The number of aryl methyl sites for hydroxylation is 1. The van der Waals surface area contributed by atoms with Crippen molar-refractivity contribution < 1.29 is 17.8 Å². The van der Waals surface area contributed by atoms with Gasteiger partial charge >= 0.3 is 0 Å². The number of nitrogen functional groups attached to an aromatic ring is 1. The Labute approximate surface area is 292 Å². The normalized spacial score (nSPS) is 11.9. The zero-order valence-corrected chi connectivity index (χ0v) is 29.2. The Morgan fingerprint density at radius 2 is 1.22 bits per heavy atom. The maximum Gasteiger partial charge on any atom is 0.296 e. The van der Waals surface area contributed by atoms with Gasteiger partial charge in [-0.15, -0.1) is 34.0 Å². The Morgan fingerprint density at radius 3 is 1.88 bits per heavy atom. The second-order valence-electron chi connectivity index (χ2n) is 11.5.